The lowest BCUT2D eigenvalue weighted by Gasteiger charge is -2.38. The number of carbonyl (C=O) groups excluding carboxylic acids is 3. The Labute approximate surface area is 230 Å². The summed E-state index contributed by atoms with van der Waals surface area (Å²) in [5.41, 5.74) is -1.63. The Morgan fingerprint density at radius 2 is 1.69 bits per heavy atom. The topological polar surface area (TPSA) is 99.6 Å². The number of fused-ring (bicyclic) bond motifs is 2. The molecule has 0 bridgehead atoms. The van der Waals surface area contributed by atoms with Crippen molar-refractivity contribution >= 4 is 23.4 Å². The summed E-state index contributed by atoms with van der Waals surface area (Å²) in [5.74, 6) is -1.72. The smallest absolute Gasteiger partial charge is 0.249 e. The summed E-state index contributed by atoms with van der Waals surface area (Å²) in [6.45, 7) is 7.53. The van der Waals surface area contributed by atoms with Gasteiger partial charge in [0.1, 0.15) is 17.4 Å². The molecular weight excluding hydrogens is 498 g/mol. The Kier molecular flexibility index (Phi) is 7.57. The predicted molar refractivity (Wildman–Crippen MR) is 146 cm³/mol. The maximum Gasteiger partial charge on any atom is 0.249 e. The van der Waals surface area contributed by atoms with Crippen LogP contribution in [-0.4, -0.2) is 89.3 Å². The largest absolute Gasteiger partial charge is 0.494 e. The molecule has 39 heavy (non-hydrogen) atoms. The van der Waals surface area contributed by atoms with Crippen LogP contribution in [0, 0.1) is 11.8 Å². The van der Waals surface area contributed by atoms with E-state index in [1.807, 2.05) is 62.4 Å². The van der Waals surface area contributed by atoms with Gasteiger partial charge in [-0.1, -0.05) is 44.6 Å². The molecule has 210 valence electrons. The van der Waals surface area contributed by atoms with Gasteiger partial charge in [0, 0.05) is 31.9 Å². The number of aliphatic hydroxyl groups is 1. The second kappa shape index (κ2) is 10.8. The van der Waals surface area contributed by atoms with Crippen LogP contribution in [0.5, 0.6) is 5.75 Å². The van der Waals surface area contributed by atoms with Gasteiger partial charge in [-0.15, -0.1) is 0 Å². The average molecular weight is 538 g/mol. The quantitative estimate of drug-likeness (QED) is 0.486. The Hall–Kier alpha value is -3.17. The predicted octanol–water partition coefficient (Wildman–Crippen LogP) is 2.54. The second-order valence-electron chi connectivity index (χ2n) is 10.7. The summed E-state index contributed by atoms with van der Waals surface area (Å²) in [5, 5.41) is 9.86. The maximum atomic E-state index is 14.4. The van der Waals surface area contributed by atoms with E-state index < -0.39 is 29.1 Å². The highest BCUT2D eigenvalue weighted by Gasteiger charge is 2.75. The zero-order valence-electron chi connectivity index (χ0n) is 23.0. The van der Waals surface area contributed by atoms with Crippen LogP contribution in [-0.2, 0) is 19.1 Å². The number of aliphatic hydroxyl groups excluding tert-OH is 1. The highest BCUT2D eigenvalue weighted by atomic mass is 16.5. The number of hydrogen-bond donors (Lipinski definition) is 1. The van der Waals surface area contributed by atoms with E-state index in [0.717, 1.165) is 12.8 Å². The van der Waals surface area contributed by atoms with E-state index in [2.05, 4.69) is 6.92 Å². The Bertz CT molecular complexity index is 1170. The Morgan fingerprint density at radius 3 is 2.36 bits per heavy atom. The Balaban J connectivity index is 1.59. The summed E-state index contributed by atoms with van der Waals surface area (Å²) < 4.78 is 12.5. The highest BCUT2D eigenvalue weighted by molar-refractivity contribution is 6.04. The van der Waals surface area contributed by atoms with Crippen LogP contribution in [0.2, 0.25) is 0 Å². The van der Waals surface area contributed by atoms with Crippen molar-refractivity contribution in [1.82, 2.24) is 9.80 Å². The molecule has 5 rings (SSSR count). The lowest BCUT2D eigenvalue weighted by Crippen LogP contribution is -2.56. The van der Waals surface area contributed by atoms with E-state index in [4.69, 9.17) is 9.47 Å². The zero-order valence-corrected chi connectivity index (χ0v) is 23.0. The summed E-state index contributed by atoms with van der Waals surface area (Å²) in [4.78, 5) is 47.5. The van der Waals surface area contributed by atoms with Gasteiger partial charge in [0.15, 0.2) is 0 Å². The van der Waals surface area contributed by atoms with E-state index in [-0.39, 0.29) is 30.9 Å². The number of rotatable bonds is 9. The van der Waals surface area contributed by atoms with E-state index in [1.165, 1.54) is 4.90 Å². The number of amides is 3. The second-order valence-corrected chi connectivity index (χ2v) is 10.7. The van der Waals surface area contributed by atoms with E-state index >= 15 is 0 Å². The first-order chi connectivity index (χ1) is 18.9. The molecular formula is C30H39N3O6. The summed E-state index contributed by atoms with van der Waals surface area (Å²) in [7, 11) is 0. The summed E-state index contributed by atoms with van der Waals surface area (Å²) in [6.07, 6.45) is 9.86. The van der Waals surface area contributed by atoms with Crippen molar-refractivity contribution in [1.29, 1.82) is 0 Å². The molecule has 4 heterocycles. The van der Waals surface area contributed by atoms with Crippen LogP contribution in [0.4, 0.5) is 5.69 Å². The first-order valence-electron chi connectivity index (χ1n) is 14.2. The first kappa shape index (κ1) is 27.4. The number of likely N-dealkylation sites (tertiary alicyclic amines) is 1. The van der Waals surface area contributed by atoms with Gasteiger partial charge in [0.2, 0.25) is 17.7 Å². The molecule has 0 saturated carbocycles. The van der Waals surface area contributed by atoms with Gasteiger partial charge in [-0.3, -0.25) is 14.4 Å². The maximum absolute atomic E-state index is 14.4. The number of benzene rings is 1. The van der Waals surface area contributed by atoms with Crippen LogP contribution in [0.3, 0.4) is 0 Å². The number of ether oxygens (including phenoxy) is 2. The minimum Gasteiger partial charge on any atom is -0.494 e. The minimum atomic E-state index is -1.30. The summed E-state index contributed by atoms with van der Waals surface area (Å²) in [6, 6.07) is 6.42. The van der Waals surface area contributed by atoms with Crippen molar-refractivity contribution in [3.8, 4) is 5.75 Å². The molecule has 0 radical (unpaired) electrons. The molecule has 2 fully saturated rings. The van der Waals surface area contributed by atoms with Crippen molar-refractivity contribution in [2.45, 2.75) is 57.3 Å². The molecule has 1 aromatic carbocycles. The molecule has 2 saturated heterocycles. The SMILES string of the molecule is CCCCN1CC=C[C@]23O[C@@]4(CC)C=CCN(c5ccc(OCC)cc5)C(=O)[C@H]4[C@H]2C(=O)N(CCO)C3C1=O. The fourth-order valence-electron chi connectivity index (χ4n) is 6.83. The standard InChI is InChI=1S/C30H39N3O6/c1-4-7-16-31-17-9-15-30-24(27(36)33(19-20-34)25(30)28(31)37)23-26(35)32(18-8-14-29(23,5-2)39-30)21-10-12-22(13-11-21)38-6-3/h8-15,23-25,34H,4-7,16-20H2,1-3H3/t23-,24+,25?,29+,30+/m1/s1. The molecule has 4 aliphatic rings. The molecule has 9 nitrogen and oxygen atoms in total. The molecule has 1 N–H and O–H groups in total. The number of unbranched alkanes of at least 4 members (excludes halogenated alkanes) is 1. The van der Waals surface area contributed by atoms with Crippen LogP contribution in [0.1, 0.15) is 40.0 Å². The van der Waals surface area contributed by atoms with Crippen LogP contribution >= 0.6 is 0 Å². The van der Waals surface area contributed by atoms with Gasteiger partial charge in [0.05, 0.1) is 30.7 Å². The minimum absolute atomic E-state index is 0.00475. The molecule has 4 aliphatic heterocycles. The van der Waals surface area contributed by atoms with Gasteiger partial charge >= 0.3 is 0 Å². The number of β-amino-alcohol motifs (C(OH)–C–C–N with tert-alkyl or cyclic N) is 1. The number of hydrogen-bond acceptors (Lipinski definition) is 6. The van der Waals surface area contributed by atoms with Gasteiger partial charge in [-0.25, -0.2) is 0 Å². The lowest BCUT2D eigenvalue weighted by atomic mass is 9.73. The number of anilines is 1. The van der Waals surface area contributed by atoms with E-state index in [1.54, 1.807) is 9.80 Å². The Morgan fingerprint density at radius 1 is 0.949 bits per heavy atom. The molecule has 0 aromatic heterocycles. The normalized spacial score (nSPS) is 31.7. The van der Waals surface area contributed by atoms with Crippen molar-refractivity contribution < 1.29 is 29.0 Å². The van der Waals surface area contributed by atoms with Crippen LogP contribution in [0.15, 0.2) is 48.6 Å². The third kappa shape index (κ3) is 4.26. The molecule has 1 spiro atoms. The lowest BCUT2D eigenvalue weighted by molar-refractivity contribution is -0.152. The third-order valence-electron chi connectivity index (χ3n) is 8.61. The summed E-state index contributed by atoms with van der Waals surface area (Å²) >= 11 is 0. The van der Waals surface area contributed by atoms with Crippen molar-refractivity contribution in [2.24, 2.45) is 11.8 Å². The fraction of sp³-hybridized carbons (Fsp3) is 0.567. The molecule has 1 aromatic rings. The average Bonchev–Trinajstić information content (AvgIpc) is 3.22. The van der Waals surface area contributed by atoms with E-state index in [0.29, 0.717) is 44.1 Å². The number of nitrogens with zero attached hydrogens (tertiary/aromatic N) is 3. The highest BCUT2D eigenvalue weighted by Crippen LogP contribution is 2.58. The third-order valence-corrected chi connectivity index (χ3v) is 8.61. The van der Waals surface area contributed by atoms with E-state index in [9.17, 15) is 19.5 Å². The number of carbonyl (C=O) groups is 3. The first-order valence-corrected chi connectivity index (χ1v) is 14.2. The monoisotopic (exact) mass is 537 g/mol. The van der Waals surface area contributed by atoms with Crippen LogP contribution < -0.4 is 9.64 Å². The van der Waals surface area contributed by atoms with Gasteiger partial charge in [0.25, 0.3) is 0 Å². The molecule has 0 aliphatic carbocycles. The van der Waals surface area contributed by atoms with Gasteiger partial charge in [-0.2, -0.15) is 0 Å². The molecule has 3 amide bonds. The van der Waals surface area contributed by atoms with Crippen molar-refractivity contribution in [2.75, 3.05) is 44.3 Å². The van der Waals surface area contributed by atoms with Gasteiger partial charge < -0.3 is 29.3 Å². The van der Waals surface area contributed by atoms with Gasteiger partial charge in [-0.05, 0) is 44.0 Å². The molecule has 1 unspecified atom stereocenters. The molecule has 5 atom stereocenters. The van der Waals surface area contributed by atoms with Crippen molar-refractivity contribution in [3.63, 3.8) is 0 Å². The zero-order chi connectivity index (χ0) is 27.8. The molecule has 9 heteroatoms. The van der Waals surface area contributed by atoms with Crippen molar-refractivity contribution in [3.05, 3.63) is 48.6 Å². The van der Waals surface area contributed by atoms with Crippen LogP contribution in [0.25, 0.3) is 0 Å². The fourth-order valence-corrected chi connectivity index (χ4v) is 6.83.